The van der Waals surface area contributed by atoms with Gasteiger partial charge in [0.2, 0.25) is 0 Å². The number of ketones is 1. The van der Waals surface area contributed by atoms with Crippen LogP contribution in [-0.2, 0) is 4.79 Å². The van der Waals surface area contributed by atoms with E-state index in [1.807, 2.05) is 6.08 Å². The van der Waals surface area contributed by atoms with E-state index in [1.54, 1.807) is 0 Å². The van der Waals surface area contributed by atoms with Crippen LogP contribution in [0.2, 0.25) is 0 Å². The SMILES string of the molecule is C=CC1CC2=CC(=O)CCC2C2CCC3(CC)C(C12)C1C(C)C1C3(CC)CN. The van der Waals surface area contributed by atoms with Crippen LogP contribution in [0.1, 0.15) is 65.7 Å². The van der Waals surface area contributed by atoms with Crippen LogP contribution in [0, 0.1) is 58.2 Å². The molecule has 4 fully saturated rings. The quantitative estimate of drug-likeness (QED) is 0.664. The van der Waals surface area contributed by atoms with Gasteiger partial charge in [-0.2, -0.15) is 0 Å². The fourth-order valence-corrected chi connectivity index (χ4v) is 9.98. The first-order valence-corrected chi connectivity index (χ1v) is 12.1. The Hall–Kier alpha value is -0.890. The zero-order chi connectivity index (χ0) is 19.8. The molecule has 5 rings (SSSR count). The smallest absolute Gasteiger partial charge is 0.155 e. The fraction of sp³-hybridized carbons (Fsp3) is 0.808. The van der Waals surface area contributed by atoms with Gasteiger partial charge in [-0.1, -0.05) is 32.4 Å². The van der Waals surface area contributed by atoms with E-state index in [-0.39, 0.29) is 0 Å². The third-order valence-corrected chi connectivity index (χ3v) is 10.9. The third kappa shape index (κ3) is 2.06. The number of allylic oxidation sites excluding steroid dienone is 2. The second-order valence-corrected chi connectivity index (χ2v) is 10.9. The van der Waals surface area contributed by atoms with Gasteiger partial charge in [0.25, 0.3) is 0 Å². The number of nitrogens with two attached hydrogens (primary N) is 1. The Morgan fingerprint density at radius 1 is 1.21 bits per heavy atom. The van der Waals surface area contributed by atoms with E-state index in [0.29, 0.717) is 28.4 Å². The molecule has 154 valence electrons. The van der Waals surface area contributed by atoms with E-state index in [1.165, 1.54) is 31.3 Å². The van der Waals surface area contributed by atoms with Gasteiger partial charge in [0, 0.05) is 6.42 Å². The molecule has 0 bridgehead atoms. The summed E-state index contributed by atoms with van der Waals surface area (Å²) < 4.78 is 0. The zero-order valence-corrected chi connectivity index (χ0v) is 18.1. The Morgan fingerprint density at radius 2 is 2.00 bits per heavy atom. The molecule has 0 aromatic rings. The first kappa shape index (κ1) is 19.1. The molecule has 0 heterocycles. The predicted octanol–water partition coefficient (Wildman–Crippen LogP) is 5.39. The summed E-state index contributed by atoms with van der Waals surface area (Å²) in [5.74, 6) is 6.50. The van der Waals surface area contributed by atoms with Crippen molar-refractivity contribution in [3.05, 3.63) is 24.3 Å². The Balaban J connectivity index is 1.61. The van der Waals surface area contributed by atoms with Crippen LogP contribution in [-0.4, -0.2) is 12.3 Å². The molecule has 10 unspecified atom stereocenters. The van der Waals surface area contributed by atoms with Crippen LogP contribution in [0.5, 0.6) is 0 Å². The van der Waals surface area contributed by atoms with Crippen LogP contribution in [0.4, 0.5) is 0 Å². The molecule has 0 aliphatic heterocycles. The lowest BCUT2D eigenvalue weighted by atomic mass is 9.43. The molecule has 0 saturated heterocycles. The average Bonchev–Trinajstić information content (AvgIpc) is 3.28. The van der Waals surface area contributed by atoms with Crippen molar-refractivity contribution in [1.29, 1.82) is 0 Å². The van der Waals surface area contributed by atoms with E-state index in [9.17, 15) is 4.79 Å². The molecule has 5 aliphatic rings. The highest BCUT2D eigenvalue weighted by molar-refractivity contribution is 5.91. The number of fused-ring (bicyclic) bond motifs is 7. The molecule has 0 radical (unpaired) electrons. The van der Waals surface area contributed by atoms with Crippen molar-refractivity contribution in [2.45, 2.75) is 65.7 Å². The van der Waals surface area contributed by atoms with E-state index < -0.39 is 0 Å². The minimum Gasteiger partial charge on any atom is -0.330 e. The molecule has 10 atom stereocenters. The van der Waals surface area contributed by atoms with Gasteiger partial charge in [-0.05, 0) is 109 Å². The maximum Gasteiger partial charge on any atom is 0.155 e. The molecule has 0 aromatic heterocycles. The average molecular weight is 382 g/mol. The summed E-state index contributed by atoms with van der Waals surface area (Å²) in [5, 5.41) is 0. The minimum atomic E-state index is 0.353. The molecule has 5 aliphatic carbocycles. The molecule has 2 heteroatoms. The lowest BCUT2D eigenvalue weighted by molar-refractivity contribution is -0.120. The number of hydrogen-bond donors (Lipinski definition) is 1. The lowest BCUT2D eigenvalue weighted by Crippen LogP contribution is -2.57. The summed E-state index contributed by atoms with van der Waals surface area (Å²) in [6.07, 6.45) is 12.5. The first-order valence-electron chi connectivity index (χ1n) is 12.1. The van der Waals surface area contributed by atoms with Gasteiger partial charge in [0.1, 0.15) is 0 Å². The number of hydrogen-bond acceptors (Lipinski definition) is 2. The van der Waals surface area contributed by atoms with Gasteiger partial charge >= 0.3 is 0 Å². The Morgan fingerprint density at radius 3 is 2.64 bits per heavy atom. The van der Waals surface area contributed by atoms with E-state index >= 15 is 0 Å². The second-order valence-electron chi connectivity index (χ2n) is 10.9. The maximum atomic E-state index is 12.1. The van der Waals surface area contributed by atoms with Gasteiger partial charge in [-0.3, -0.25) is 4.79 Å². The molecule has 2 nitrogen and oxygen atoms in total. The summed E-state index contributed by atoms with van der Waals surface area (Å²) >= 11 is 0. The predicted molar refractivity (Wildman–Crippen MR) is 114 cm³/mol. The number of carbonyl (C=O) groups excluding carboxylic acids is 1. The summed E-state index contributed by atoms with van der Waals surface area (Å²) in [5.41, 5.74) is 8.87. The second kappa shape index (κ2) is 6.30. The van der Waals surface area contributed by atoms with Crippen molar-refractivity contribution in [3.8, 4) is 0 Å². The molecule has 2 N–H and O–H groups in total. The minimum absolute atomic E-state index is 0.353. The highest BCUT2D eigenvalue weighted by Crippen LogP contribution is 2.82. The Bertz CT molecular complexity index is 718. The molecule has 0 amide bonds. The first-order chi connectivity index (χ1) is 13.5. The highest BCUT2D eigenvalue weighted by atomic mass is 16.1. The van der Waals surface area contributed by atoms with Crippen LogP contribution >= 0.6 is 0 Å². The normalized spacial score (nSPS) is 54.1. The van der Waals surface area contributed by atoms with Crippen molar-refractivity contribution in [2.24, 2.45) is 63.9 Å². The zero-order valence-electron chi connectivity index (χ0n) is 18.1. The van der Waals surface area contributed by atoms with Crippen LogP contribution in [0.3, 0.4) is 0 Å². The lowest BCUT2D eigenvalue weighted by Gasteiger charge is -2.61. The van der Waals surface area contributed by atoms with Crippen LogP contribution in [0.15, 0.2) is 24.3 Å². The van der Waals surface area contributed by atoms with E-state index in [2.05, 4.69) is 33.4 Å². The summed E-state index contributed by atoms with van der Waals surface area (Å²) in [4.78, 5) is 12.1. The van der Waals surface area contributed by atoms with Gasteiger partial charge in [0.05, 0.1) is 0 Å². The Kier molecular flexibility index (Phi) is 4.30. The number of rotatable bonds is 4. The molecular formula is C26H39NO. The van der Waals surface area contributed by atoms with Gasteiger partial charge < -0.3 is 5.73 Å². The van der Waals surface area contributed by atoms with Crippen molar-refractivity contribution >= 4 is 5.78 Å². The van der Waals surface area contributed by atoms with Gasteiger partial charge in [-0.25, -0.2) is 0 Å². The van der Waals surface area contributed by atoms with Crippen LogP contribution in [0.25, 0.3) is 0 Å². The molecule has 0 aromatic carbocycles. The van der Waals surface area contributed by atoms with Crippen molar-refractivity contribution in [2.75, 3.05) is 6.54 Å². The summed E-state index contributed by atoms with van der Waals surface area (Å²) in [6.45, 7) is 12.5. The Labute approximate surface area is 171 Å². The van der Waals surface area contributed by atoms with Gasteiger partial charge in [0.15, 0.2) is 5.78 Å². The monoisotopic (exact) mass is 381 g/mol. The van der Waals surface area contributed by atoms with Crippen LogP contribution < -0.4 is 5.73 Å². The van der Waals surface area contributed by atoms with Crippen molar-refractivity contribution < 1.29 is 4.79 Å². The van der Waals surface area contributed by atoms with Crippen molar-refractivity contribution in [3.63, 3.8) is 0 Å². The summed E-state index contributed by atoms with van der Waals surface area (Å²) in [7, 11) is 0. The highest BCUT2D eigenvalue weighted by Gasteiger charge is 2.78. The molecule has 28 heavy (non-hydrogen) atoms. The summed E-state index contributed by atoms with van der Waals surface area (Å²) in [6, 6.07) is 0. The van der Waals surface area contributed by atoms with E-state index in [0.717, 1.165) is 61.3 Å². The standard InChI is InChI=1S/C26H39NO/c1-5-16-12-17-13-18(28)8-9-19(17)20-10-11-25(6-2)24(22(16)20)21-15(4)23(21)26(25,7-3)14-27/h5,13,15-16,19-24H,1,6-12,14,27H2,2-4H3. The molecule has 4 saturated carbocycles. The van der Waals surface area contributed by atoms with Gasteiger partial charge in [-0.15, -0.1) is 6.58 Å². The third-order valence-electron chi connectivity index (χ3n) is 10.9. The topological polar surface area (TPSA) is 43.1 Å². The van der Waals surface area contributed by atoms with Crippen molar-refractivity contribution in [1.82, 2.24) is 0 Å². The maximum absolute atomic E-state index is 12.1. The molecule has 0 spiro atoms. The van der Waals surface area contributed by atoms with E-state index in [4.69, 9.17) is 5.73 Å². The fourth-order valence-electron chi connectivity index (χ4n) is 9.98. The largest absolute Gasteiger partial charge is 0.330 e. The molecular weight excluding hydrogens is 342 g/mol. The number of carbonyl (C=O) groups is 1.